The van der Waals surface area contributed by atoms with Crippen molar-refractivity contribution in [1.29, 1.82) is 0 Å². The highest BCUT2D eigenvalue weighted by Gasteiger charge is 2.46. The summed E-state index contributed by atoms with van der Waals surface area (Å²) in [5.74, 6) is -0.0160. The van der Waals surface area contributed by atoms with Gasteiger partial charge in [-0.05, 0) is 47.1 Å². The van der Waals surface area contributed by atoms with Gasteiger partial charge in [0.15, 0.2) is 0 Å². The molecule has 196 valence electrons. The first kappa shape index (κ1) is 24.6. The van der Waals surface area contributed by atoms with Crippen molar-refractivity contribution in [2.75, 3.05) is 13.7 Å². The normalized spacial score (nSPS) is 20.5. The molecule has 2 aromatic heterocycles. The Morgan fingerprint density at radius 2 is 1.92 bits per heavy atom. The maximum Gasteiger partial charge on any atom is 0.341 e. The SMILES string of the molecule is COC(=O)c1cnn(-c2cccc(CN3Cc4ccccc4CC(C)(C)C3)c2)c1[C@@H]1C[C@H]1c1cn(C)nn1. The molecule has 1 aliphatic carbocycles. The van der Waals surface area contributed by atoms with E-state index in [-0.39, 0.29) is 23.2 Å². The van der Waals surface area contributed by atoms with Gasteiger partial charge in [0.25, 0.3) is 0 Å². The summed E-state index contributed by atoms with van der Waals surface area (Å²) in [5.41, 5.74) is 7.57. The molecule has 1 fully saturated rings. The van der Waals surface area contributed by atoms with Crippen molar-refractivity contribution in [1.82, 2.24) is 29.7 Å². The van der Waals surface area contributed by atoms with E-state index in [9.17, 15) is 4.79 Å². The van der Waals surface area contributed by atoms with Crippen LogP contribution in [0.15, 0.2) is 60.9 Å². The Hall–Kier alpha value is -3.78. The predicted octanol–water partition coefficient (Wildman–Crippen LogP) is 4.64. The number of carbonyl (C=O) groups is 1. The number of aromatic nitrogens is 5. The molecule has 0 unspecified atom stereocenters. The van der Waals surface area contributed by atoms with Crippen molar-refractivity contribution < 1.29 is 9.53 Å². The smallest absolute Gasteiger partial charge is 0.341 e. The summed E-state index contributed by atoms with van der Waals surface area (Å²) in [6.07, 6.45) is 5.57. The zero-order chi connectivity index (χ0) is 26.4. The van der Waals surface area contributed by atoms with Crippen molar-refractivity contribution in [3.8, 4) is 5.69 Å². The van der Waals surface area contributed by atoms with E-state index in [0.717, 1.165) is 49.6 Å². The number of rotatable bonds is 6. The Labute approximate surface area is 223 Å². The van der Waals surface area contributed by atoms with Gasteiger partial charge >= 0.3 is 5.97 Å². The zero-order valence-corrected chi connectivity index (χ0v) is 22.5. The van der Waals surface area contributed by atoms with E-state index < -0.39 is 0 Å². The summed E-state index contributed by atoms with van der Waals surface area (Å²) in [6.45, 7) is 7.51. The number of carbonyl (C=O) groups excluding carboxylic acids is 1. The molecule has 2 atom stereocenters. The molecule has 38 heavy (non-hydrogen) atoms. The second-order valence-corrected chi connectivity index (χ2v) is 11.5. The van der Waals surface area contributed by atoms with E-state index in [1.807, 2.05) is 17.9 Å². The number of fused-ring (bicyclic) bond motifs is 1. The number of esters is 1. The summed E-state index contributed by atoms with van der Waals surface area (Å²) >= 11 is 0. The lowest BCUT2D eigenvalue weighted by atomic mass is 9.85. The summed E-state index contributed by atoms with van der Waals surface area (Å²) in [4.78, 5) is 15.2. The van der Waals surface area contributed by atoms with Gasteiger partial charge in [-0.1, -0.05) is 55.5 Å². The van der Waals surface area contributed by atoms with Gasteiger partial charge in [-0.2, -0.15) is 5.10 Å². The van der Waals surface area contributed by atoms with Gasteiger partial charge in [-0.15, -0.1) is 5.10 Å². The molecule has 4 aromatic rings. The fraction of sp³-hybridized carbons (Fsp3) is 0.400. The summed E-state index contributed by atoms with van der Waals surface area (Å²) < 4.78 is 8.73. The van der Waals surface area contributed by atoms with E-state index in [1.165, 1.54) is 23.8 Å². The quantitative estimate of drug-likeness (QED) is 0.352. The van der Waals surface area contributed by atoms with Crippen LogP contribution in [0.2, 0.25) is 0 Å². The molecule has 2 aromatic carbocycles. The molecule has 2 aliphatic rings. The van der Waals surface area contributed by atoms with Crippen LogP contribution in [0.25, 0.3) is 5.69 Å². The Kier molecular flexibility index (Phi) is 6.14. The number of hydrogen-bond donors (Lipinski definition) is 0. The van der Waals surface area contributed by atoms with Gasteiger partial charge in [0, 0.05) is 44.7 Å². The summed E-state index contributed by atoms with van der Waals surface area (Å²) in [5, 5.41) is 13.1. The standard InChI is InChI=1S/C30H34N6O2/c1-30(2)14-21-9-5-6-10-22(21)17-35(19-30)16-20-8-7-11-23(12-20)36-28(26(15-31-36)29(37)38-4)25-13-24(25)27-18-34(3)33-32-27/h5-12,15,18,24-25H,13-14,16-17,19H2,1-4H3/t24-,25-/m1/s1. The molecule has 0 bridgehead atoms. The molecule has 1 saturated carbocycles. The first-order chi connectivity index (χ1) is 18.3. The maximum absolute atomic E-state index is 12.7. The van der Waals surface area contributed by atoms with Gasteiger partial charge in [0.05, 0.1) is 30.4 Å². The largest absolute Gasteiger partial charge is 0.465 e. The predicted molar refractivity (Wildman–Crippen MR) is 144 cm³/mol. The first-order valence-electron chi connectivity index (χ1n) is 13.2. The molecule has 8 nitrogen and oxygen atoms in total. The summed E-state index contributed by atoms with van der Waals surface area (Å²) in [7, 11) is 3.28. The maximum atomic E-state index is 12.7. The number of methoxy groups -OCH3 is 1. The number of aryl methyl sites for hydroxylation is 1. The molecule has 0 spiro atoms. The topological polar surface area (TPSA) is 78.1 Å². The van der Waals surface area contributed by atoms with Crippen LogP contribution < -0.4 is 0 Å². The third-order valence-corrected chi connectivity index (χ3v) is 7.75. The van der Waals surface area contributed by atoms with Gasteiger partial charge in [-0.3, -0.25) is 9.58 Å². The van der Waals surface area contributed by atoms with Crippen LogP contribution in [0.1, 0.15) is 70.5 Å². The lowest BCUT2D eigenvalue weighted by Crippen LogP contribution is -2.32. The average molecular weight is 511 g/mol. The Morgan fingerprint density at radius 1 is 1.11 bits per heavy atom. The highest BCUT2D eigenvalue weighted by atomic mass is 16.5. The van der Waals surface area contributed by atoms with E-state index in [4.69, 9.17) is 4.74 Å². The molecule has 1 aliphatic heterocycles. The fourth-order valence-electron chi connectivity index (χ4n) is 6.06. The Balaban J connectivity index is 1.30. The minimum atomic E-state index is -0.363. The van der Waals surface area contributed by atoms with Gasteiger partial charge in [0.1, 0.15) is 5.56 Å². The van der Waals surface area contributed by atoms with E-state index >= 15 is 0 Å². The van der Waals surface area contributed by atoms with Crippen LogP contribution in [0, 0.1) is 5.41 Å². The number of ether oxygens (including phenoxy) is 1. The third-order valence-electron chi connectivity index (χ3n) is 7.75. The van der Waals surface area contributed by atoms with E-state index in [1.54, 1.807) is 10.9 Å². The second-order valence-electron chi connectivity index (χ2n) is 11.5. The molecule has 8 heteroatoms. The lowest BCUT2D eigenvalue weighted by molar-refractivity contribution is 0.0599. The second kappa shape index (κ2) is 9.51. The van der Waals surface area contributed by atoms with Gasteiger partial charge in [0.2, 0.25) is 0 Å². The van der Waals surface area contributed by atoms with Crippen LogP contribution in [-0.2, 0) is 31.3 Å². The van der Waals surface area contributed by atoms with E-state index in [0.29, 0.717) is 5.56 Å². The minimum absolute atomic E-state index is 0.134. The van der Waals surface area contributed by atoms with Crippen LogP contribution in [0.3, 0.4) is 0 Å². The monoisotopic (exact) mass is 510 g/mol. The Morgan fingerprint density at radius 3 is 2.68 bits per heavy atom. The van der Waals surface area contributed by atoms with Crippen LogP contribution in [0.4, 0.5) is 0 Å². The van der Waals surface area contributed by atoms with Crippen molar-refractivity contribution in [2.24, 2.45) is 12.5 Å². The fourth-order valence-corrected chi connectivity index (χ4v) is 6.06. The Bertz CT molecular complexity index is 1490. The number of benzene rings is 2. The zero-order valence-electron chi connectivity index (χ0n) is 22.5. The lowest BCUT2D eigenvalue weighted by Gasteiger charge is -2.29. The number of hydrogen-bond acceptors (Lipinski definition) is 6. The molecular weight excluding hydrogens is 476 g/mol. The first-order valence-corrected chi connectivity index (χ1v) is 13.2. The summed E-state index contributed by atoms with van der Waals surface area (Å²) in [6, 6.07) is 17.3. The van der Waals surface area contributed by atoms with Crippen molar-refractivity contribution in [2.45, 2.75) is 51.6 Å². The van der Waals surface area contributed by atoms with Gasteiger partial charge in [-0.25, -0.2) is 9.48 Å². The van der Waals surface area contributed by atoms with Crippen molar-refractivity contribution >= 4 is 5.97 Å². The van der Waals surface area contributed by atoms with Gasteiger partial charge < -0.3 is 4.74 Å². The van der Waals surface area contributed by atoms with Crippen LogP contribution >= 0.6 is 0 Å². The molecular formula is C30H34N6O2. The average Bonchev–Trinajstić information content (AvgIpc) is 3.38. The van der Waals surface area contributed by atoms with Crippen molar-refractivity contribution in [3.63, 3.8) is 0 Å². The molecule has 6 rings (SSSR count). The molecule has 3 heterocycles. The molecule has 0 N–H and O–H groups in total. The minimum Gasteiger partial charge on any atom is -0.465 e. The third kappa shape index (κ3) is 4.76. The molecule has 0 amide bonds. The van der Waals surface area contributed by atoms with Crippen LogP contribution in [0.5, 0.6) is 0 Å². The van der Waals surface area contributed by atoms with Crippen molar-refractivity contribution in [3.05, 3.63) is 94.6 Å². The highest BCUT2D eigenvalue weighted by molar-refractivity contribution is 5.91. The molecule has 0 radical (unpaired) electrons. The van der Waals surface area contributed by atoms with Crippen LogP contribution in [-0.4, -0.2) is 49.3 Å². The highest BCUT2D eigenvalue weighted by Crippen LogP contribution is 2.55. The molecule has 0 saturated heterocycles. The number of nitrogens with zero attached hydrogens (tertiary/aromatic N) is 6. The van der Waals surface area contributed by atoms with E-state index in [2.05, 4.69) is 82.7 Å².